The second kappa shape index (κ2) is 14.5. The van der Waals surface area contributed by atoms with E-state index >= 15 is 0 Å². The fourth-order valence-electron chi connectivity index (χ4n) is 10.0. The van der Waals surface area contributed by atoms with Crippen molar-refractivity contribution < 1.29 is 38.5 Å². The van der Waals surface area contributed by atoms with Crippen LogP contribution in [0.25, 0.3) is 0 Å². The van der Waals surface area contributed by atoms with Gasteiger partial charge < -0.3 is 19.3 Å². The molecule has 8 nitrogen and oxygen atoms in total. The van der Waals surface area contributed by atoms with Crippen LogP contribution in [0, 0.1) is 40.9 Å². The zero-order valence-corrected chi connectivity index (χ0v) is 31.6. The molecule has 274 valence electrons. The van der Waals surface area contributed by atoms with Gasteiger partial charge in [-0.15, -0.1) is 0 Å². The lowest BCUT2D eigenvalue weighted by Gasteiger charge is -2.51. The first-order valence-corrected chi connectivity index (χ1v) is 19.0. The number of aliphatic hydroxyl groups is 1. The molecule has 0 radical (unpaired) electrons. The van der Waals surface area contributed by atoms with Crippen LogP contribution in [-0.4, -0.2) is 65.0 Å². The highest BCUT2D eigenvalue weighted by molar-refractivity contribution is 5.97. The molecule has 2 aliphatic carbocycles. The molecule has 3 heterocycles. The molecule has 5 aliphatic rings. The van der Waals surface area contributed by atoms with Crippen molar-refractivity contribution in [2.24, 2.45) is 40.9 Å². The van der Waals surface area contributed by atoms with Crippen LogP contribution in [0.1, 0.15) is 132 Å². The highest BCUT2D eigenvalue weighted by Gasteiger charge is 2.62. The van der Waals surface area contributed by atoms with Crippen molar-refractivity contribution >= 4 is 23.3 Å². The minimum Gasteiger partial charge on any atom is -0.469 e. The van der Waals surface area contributed by atoms with Crippen LogP contribution in [0.15, 0.2) is 22.8 Å². The van der Waals surface area contributed by atoms with Gasteiger partial charge in [-0.2, -0.15) is 0 Å². The number of Topliss-reactive ketones (excluding diaryl/α,β-unsaturated/α-hetero) is 3. The fourth-order valence-corrected chi connectivity index (χ4v) is 10.0. The third-order valence-corrected chi connectivity index (χ3v) is 13.5. The molecule has 8 heteroatoms. The number of allylic oxidation sites excluding steroid dienone is 3. The summed E-state index contributed by atoms with van der Waals surface area (Å²) in [6.45, 7) is 16.0. The largest absolute Gasteiger partial charge is 0.469 e. The van der Waals surface area contributed by atoms with E-state index in [4.69, 9.17) is 14.2 Å². The molecule has 49 heavy (non-hydrogen) atoms. The third-order valence-electron chi connectivity index (χ3n) is 13.5. The lowest BCUT2D eigenvalue weighted by molar-refractivity contribution is -0.296. The van der Waals surface area contributed by atoms with Crippen molar-refractivity contribution in [2.75, 3.05) is 7.11 Å². The summed E-state index contributed by atoms with van der Waals surface area (Å²) < 4.78 is 19.1. The smallest absolute Gasteiger partial charge is 0.313 e. The molecule has 11 atom stereocenters. The molecule has 3 aliphatic heterocycles. The van der Waals surface area contributed by atoms with E-state index in [1.165, 1.54) is 7.11 Å². The molecule has 3 fully saturated rings. The number of carbonyl (C=O) groups is 4. The van der Waals surface area contributed by atoms with Crippen LogP contribution < -0.4 is 0 Å². The Balaban J connectivity index is 1.70. The van der Waals surface area contributed by atoms with Crippen molar-refractivity contribution in [3.05, 3.63) is 22.8 Å². The van der Waals surface area contributed by atoms with Crippen LogP contribution >= 0.6 is 0 Å². The van der Waals surface area contributed by atoms with Gasteiger partial charge >= 0.3 is 5.97 Å². The Morgan fingerprint density at radius 2 is 1.63 bits per heavy atom. The predicted molar refractivity (Wildman–Crippen MR) is 188 cm³/mol. The number of fused-ring (bicyclic) bond motifs is 9. The van der Waals surface area contributed by atoms with Gasteiger partial charge in [0.2, 0.25) is 0 Å². The Labute approximate surface area is 294 Å². The summed E-state index contributed by atoms with van der Waals surface area (Å²) in [5.41, 5.74) is -0.0540. The molecule has 0 unspecified atom stereocenters. The van der Waals surface area contributed by atoms with Crippen LogP contribution in [0.2, 0.25) is 0 Å². The van der Waals surface area contributed by atoms with E-state index in [1.807, 2.05) is 41.5 Å². The lowest BCUT2D eigenvalue weighted by Crippen LogP contribution is -2.62. The van der Waals surface area contributed by atoms with Gasteiger partial charge in [0.15, 0.2) is 0 Å². The summed E-state index contributed by atoms with van der Waals surface area (Å²) in [5, 5.41) is 12.2. The Morgan fingerprint density at radius 3 is 2.31 bits per heavy atom. The van der Waals surface area contributed by atoms with Gasteiger partial charge in [-0.25, -0.2) is 0 Å². The molecular formula is C41H62O8. The monoisotopic (exact) mass is 682 g/mol. The van der Waals surface area contributed by atoms with Crippen LogP contribution in [0.4, 0.5) is 0 Å². The maximum Gasteiger partial charge on any atom is 0.313 e. The first kappa shape index (κ1) is 38.1. The first-order chi connectivity index (χ1) is 23.0. The minimum atomic E-state index is -1.52. The van der Waals surface area contributed by atoms with Crippen LogP contribution in [-0.2, 0) is 33.4 Å². The van der Waals surface area contributed by atoms with E-state index in [1.54, 1.807) is 0 Å². The number of rotatable bonds is 2. The fraction of sp³-hybridized carbons (Fsp3) is 0.805. The summed E-state index contributed by atoms with van der Waals surface area (Å²) in [6.07, 6.45) is 6.79. The molecule has 0 aromatic rings. The molecule has 1 N–H and O–H groups in total. The maximum absolute atomic E-state index is 14.7. The lowest BCUT2D eigenvalue weighted by atomic mass is 9.53. The molecular weight excluding hydrogens is 620 g/mol. The Kier molecular flexibility index (Phi) is 11.2. The van der Waals surface area contributed by atoms with E-state index in [0.29, 0.717) is 25.7 Å². The average Bonchev–Trinajstić information content (AvgIpc) is 3.41. The van der Waals surface area contributed by atoms with Crippen LogP contribution in [0.3, 0.4) is 0 Å². The summed E-state index contributed by atoms with van der Waals surface area (Å²) >= 11 is 0. The zero-order valence-electron chi connectivity index (χ0n) is 31.6. The van der Waals surface area contributed by atoms with Gasteiger partial charge in [-0.3, -0.25) is 19.2 Å². The summed E-state index contributed by atoms with van der Waals surface area (Å²) in [4.78, 5) is 57.4. The second-order valence-corrected chi connectivity index (χ2v) is 17.4. The van der Waals surface area contributed by atoms with Crippen LogP contribution in [0.5, 0.6) is 0 Å². The molecule has 4 bridgehead atoms. The van der Waals surface area contributed by atoms with Gasteiger partial charge in [0.25, 0.3) is 0 Å². The molecule has 1 saturated carbocycles. The van der Waals surface area contributed by atoms with Gasteiger partial charge in [-0.1, -0.05) is 63.3 Å². The quantitative estimate of drug-likeness (QED) is 0.239. The number of hydrogen-bond acceptors (Lipinski definition) is 8. The van der Waals surface area contributed by atoms with Gasteiger partial charge in [0.1, 0.15) is 23.0 Å². The van der Waals surface area contributed by atoms with E-state index in [2.05, 4.69) is 19.9 Å². The second-order valence-electron chi connectivity index (χ2n) is 17.4. The van der Waals surface area contributed by atoms with Gasteiger partial charge in [0.05, 0.1) is 36.4 Å². The summed E-state index contributed by atoms with van der Waals surface area (Å²) in [5.74, 6) is -2.92. The van der Waals surface area contributed by atoms with Gasteiger partial charge in [-0.05, 0) is 84.5 Å². The minimum absolute atomic E-state index is 0.0166. The standard InChI is InChI=1S/C41H62O8/c1-23(2)28-20-32(42)26(5)12-10-11-24(3)18-33(43)31-19-27(6)29-21-35(45)40(8)37-15-16-39(7,48-37)36(49-40)14-13-25(4)17-30(29)41(31,22-34(28)44)38(46)47-9/h17,23-24,26,28,30-31,35-37,45H,10-16,18-22H2,1-9H3/b25-17+/t24-,26+,28-,30-,31+,35-,36+,37+,39-,40-,41-/m0/s1. The number of carbonyl (C=O) groups excluding carboxylic acids is 4. The molecule has 0 aromatic carbocycles. The first-order valence-electron chi connectivity index (χ1n) is 19.0. The Bertz CT molecular complexity index is 1380. The average molecular weight is 683 g/mol. The van der Waals surface area contributed by atoms with Gasteiger partial charge in [0, 0.05) is 42.9 Å². The van der Waals surface area contributed by atoms with Crippen molar-refractivity contribution in [2.45, 2.75) is 162 Å². The Hall–Kier alpha value is -2.16. The number of aliphatic hydroxyl groups excluding tert-OH is 1. The van der Waals surface area contributed by atoms with Crippen molar-refractivity contribution in [1.82, 2.24) is 0 Å². The highest BCUT2D eigenvalue weighted by Crippen LogP contribution is 2.57. The normalized spacial score (nSPS) is 43.9. The summed E-state index contributed by atoms with van der Waals surface area (Å²) in [7, 11) is 1.34. The zero-order chi connectivity index (χ0) is 36.1. The van der Waals surface area contributed by atoms with E-state index in [-0.39, 0.29) is 66.6 Å². The predicted octanol–water partition coefficient (Wildman–Crippen LogP) is 7.29. The topological polar surface area (TPSA) is 116 Å². The molecule has 0 amide bonds. The number of ether oxygens (including phenoxy) is 3. The Morgan fingerprint density at radius 1 is 0.918 bits per heavy atom. The number of methoxy groups -OCH3 is 1. The molecule has 0 spiro atoms. The van der Waals surface area contributed by atoms with E-state index < -0.39 is 46.4 Å². The molecule has 5 rings (SSSR count). The molecule has 0 aromatic heterocycles. The third kappa shape index (κ3) is 7.04. The van der Waals surface area contributed by atoms with E-state index in [9.17, 15) is 24.3 Å². The molecule has 2 saturated heterocycles. The van der Waals surface area contributed by atoms with E-state index in [0.717, 1.165) is 48.8 Å². The number of esters is 1. The number of hydrogen-bond donors (Lipinski definition) is 1. The SMILES string of the molecule is COC(=O)[C@]12CC(=O)[C@H](C(C)C)CC(=O)[C@H](C)CCC[C@H](C)CC(=O)[C@H]1CC(C)=C1C[C@H](O)[C@]3(C)O[C@H](CC/C(C)=C/[C@@H]12)[C@]1(C)CC[C@H]3O1. The van der Waals surface area contributed by atoms with Crippen molar-refractivity contribution in [3.8, 4) is 0 Å². The highest BCUT2D eigenvalue weighted by atomic mass is 16.6. The van der Waals surface area contributed by atoms with Crippen molar-refractivity contribution in [1.29, 1.82) is 0 Å². The maximum atomic E-state index is 14.7. The number of ketones is 3. The van der Waals surface area contributed by atoms with Crippen molar-refractivity contribution in [3.63, 3.8) is 0 Å². The summed E-state index contributed by atoms with van der Waals surface area (Å²) in [6, 6.07) is 0.